The summed E-state index contributed by atoms with van der Waals surface area (Å²) in [4.78, 5) is 12.3. The van der Waals surface area contributed by atoms with Gasteiger partial charge in [0, 0.05) is 11.2 Å². The van der Waals surface area contributed by atoms with Crippen LogP contribution in [0.2, 0.25) is 5.02 Å². The molecule has 2 aromatic carbocycles. The maximum absolute atomic E-state index is 12.3. The standard InChI is InChI=1S/C19H16BrClN4O2/c1-27-16-4-2-3-14(9-16)10-22-23-19(26)18-17(20)12-25(24-18)11-13-5-7-15(21)8-6-13/h2-10,12H,11H2,1H3,(H,23,26)/b22-10-. The topological polar surface area (TPSA) is 68.5 Å². The van der Waals surface area contributed by atoms with Gasteiger partial charge in [-0.3, -0.25) is 9.48 Å². The molecule has 1 N–H and O–H groups in total. The summed E-state index contributed by atoms with van der Waals surface area (Å²) in [6, 6.07) is 14.8. The van der Waals surface area contributed by atoms with Crippen molar-refractivity contribution in [2.24, 2.45) is 5.10 Å². The molecule has 0 aliphatic heterocycles. The molecule has 3 rings (SSSR count). The summed E-state index contributed by atoms with van der Waals surface area (Å²) in [5.74, 6) is 0.310. The number of amides is 1. The van der Waals surface area contributed by atoms with Crippen LogP contribution in [-0.2, 0) is 6.54 Å². The number of carbonyl (C=O) groups excluding carboxylic acids is 1. The van der Waals surface area contributed by atoms with E-state index < -0.39 is 5.91 Å². The fourth-order valence-electron chi connectivity index (χ4n) is 2.35. The second kappa shape index (κ2) is 8.83. The first-order chi connectivity index (χ1) is 13.0. The number of methoxy groups -OCH3 is 1. The Morgan fingerprint density at radius 2 is 2.11 bits per heavy atom. The monoisotopic (exact) mass is 446 g/mol. The molecule has 0 aliphatic carbocycles. The first-order valence-electron chi connectivity index (χ1n) is 8.00. The van der Waals surface area contributed by atoms with Crippen molar-refractivity contribution in [2.75, 3.05) is 7.11 Å². The predicted molar refractivity (Wildman–Crippen MR) is 109 cm³/mol. The Morgan fingerprint density at radius 1 is 1.33 bits per heavy atom. The number of nitrogens with zero attached hydrogens (tertiary/aromatic N) is 3. The molecule has 1 amide bonds. The molecule has 138 valence electrons. The lowest BCUT2D eigenvalue weighted by Gasteiger charge is -2.02. The molecule has 27 heavy (non-hydrogen) atoms. The molecule has 0 bridgehead atoms. The highest BCUT2D eigenvalue weighted by atomic mass is 79.9. The van der Waals surface area contributed by atoms with E-state index in [9.17, 15) is 4.79 Å². The Kier molecular flexibility index (Phi) is 6.26. The molecule has 0 saturated heterocycles. The average Bonchev–Trinajstić information content (AvgIpc) is 3.04. The van der Waals surface area contributed by atoms with Crippen LogP contribution in [0.15, 0.2) is 64.3 Å². The molecule has 0 fully saturated rings. The molecule has 1 heterocycles. The van der Waals surface area contributed by atoms with Crippen LogP contribution in [0.1, 0.15) is 21.6 Å². The zero-order chi connectivity index (χ0) is 19.2. The van der Waals surface area contributed by atoms with Gasteiger partial charge in [0.25, 0.3) is 5.91 Å². The molecule has 0 unspecified atom stereocenters. The summed E-state index contributed by atoms with van der Waals surface area (Å²) in [5.41, 5.74) is 4.57. The molecule has 0 spiro atoms. The van der Waals surface area contributed by atoms with Crippen molar-refractivity contribution in [3.8, 4) is 5.75 Å². The minimum absolute atomic E-state index is 0.256. The van der Waals surface area contributed by atoms with Gasteiger partial charge in [-0.15, -0.1) is 0 Å². The molecule has 6 nitrogen and oxygen atoms in total. The molecular weight excluding hydrogens is 432 g/mol. The van der Waals surface area contributed by atoms with Gasteiger partial charge in [0.1, 0.15) is 5.75 Å². The summed E-state index contributed by atoms with van der Waals surface area (Å²) in [6.07, 6.45) is 3.29. The van der Waals surface area contributed by atoms with Crippen molar-refractivity contribution in [1.29, 1.82) is 0 Å². The van der Waals surface area contributed by atoms with Crippen LogP contribution in [0.5, 0.6) is 5.75 Å². The van der Waals surface area contributed by atoms with Gasteiger partial charge < -0.3 is 4.74 Å². The Labute approximate surface area is 169 Å². The summed E-state index contributed by atoms with van der Waals surface area (Å²) in [7, 11) is 1.59. The highest BCUT2D eigenvalue weighted by molar-refractivity contribution is 9.10. The van der Waals surface area contributed by atoms with E-state index in [2.05, 4.69) is 31.6 Å². The van der Waals surface area contributed by atoms with E-state index in [0.29, 0.717) is 21.8 Å². The first kappa shape index (κ1) is 19.1. The quantitative estimate of drug-likeness (QED) is 0.456. The van der Waals surface area contributed by atoms with Crippen molar-refractivity contribution in [1.82, 2.24) is 15.2 Å². The fourth-order valence-corrected chi connectivity index (χ4v) is 2.97. The van der Waals surface area contributed by atoms with Crippen LogP contribution in [0.25, 0.3) is 0 Å². The lowest BCUT2D eigenvalue weighted by molar-refractivity contribution is 0.0948. The highest BCUT2D eigenvalue weighted by Gasteiger charge is 2.14. The van der Waals surface area contributed by atoms with E-state index in [1.54, 1.807) is 24.2 Å². The third kappa shape index (κ3) is 5.18. The smallest absolute Gasteiger partial charge is 0.293 e. The lowest BCUT2D eigenvalue weighted by atomic mass is 10.2. The van der Waals surface area contributed by atoms with E-state index in [1.165, 1.54) is 0 Å². The van der Waals surface area contributed by atoms with Crippen LogP contribution in [0.3, 0.4) is 0 Å². The van der Waals surface area contributed by atoms with E-state index in [-0.39, 0.29) is 5.69 Å². The maximum Gasteiger partial charge on any atom is 0.293 e. The number of nitrogens with one attached hydrogen (secondary N) is 1. The molecule has 8 heteroatoms. The van der Waals surface area contributed by atoms with Gasteiger partial charge in [-0.1, -0.05) is 35.9 Å². The largest absolute Gasteiger partial charge is 0.497 e. The highest BCUT2D eigenvalue weighted by Crippen LogP contribution is 2.17. The van der Waals surface area contributed by atoms with Crippen LogP contribution in [-0.4, -0.2) is 29.0 Å². The molecule has 0 saturated carbocycles. The van der Waals surface area contributed by atoms with Gasteiger partial charge in [0.15, 0.2) is 5.69 Å². The minimum Gasteiger partial charge on any atom is -0.497 e. The predicted octanol–water partition coefficient (Wildman–Crippen LogP) is 4.12. The van der Waals surface area contributed by atoms with Gasteiger partial charge in [0.2, 0.25) is 0 Å². The summed E-state index contributed by atoms with van der Waals surface area (Å²) in [6.45, 7) is 0.524. The Hall–Kier alpha value is -2.64. The second-order valence-electron chi connectivity index (χ2n) is 5.63. The number of aromatic nitrogens is 2. The van der Waals surface area contributed by atoms with E-state index in [0.717, 1.165) is 11.1 Å². The molecule has 0 radical (unpaired) electrons. The fraction of sp³-hybridized carbons (Fsp3) is 0.105. The van der Waals surface area contributed by atoms with Crippen LogP contribution in [0, 0.1) is 0 Å². The van der Waals surface area contributed by atoms with E-state index in [4.69, 9.17) is 16.3 Å². The third-order valence-corrected chi connectivity index (χ3v) is 4.50. The summed E-state index contributed by atoms with van der Waals surface area (Å²) < 4.78 is 7.41. The SMILES string of the molecule is COc1cccc(/C=N\NC(=O)c2nn(Cc3ccc(Cl)cc3)cc2Br)c1. The Morgan fingerprint density at radius 3 is 2.85 bits per heavy atom. The van der Waals surface area contributed by atoms with Gasteiger partial charge in [-0.05, 0) is 51.3 Å². The van der Waals surface area contributed by atoms with Gasteiger partial charge in [0.05, 0.1) is 24.3 Å². The van der Waals surface area contributed by atoms with Crippen molar-refractivity contribution in [3.63, 3.8) is 0 Å². The third-order valence-electron chi connectivity index (χ3n) is 3.66. The van der Waals surface area contributed by atoms with Crippen molar-refractivity contribution >= 4 is 39.7 Å². The molecule has 0 aliphatic rings. The Balaban J connectivity index is 1.65. The van der Waals surface area contributed by atoms with Crippen LogP contribution < -0.4 is 10.2 Å². The lowest BCUT2D eigenvalue weighted by Crippen LogP contribution is -2.19. The molecule has 3 aromatic rings. The van der Waals surface area contributed by atoms with E-state index >= 15 is 0 Å². The van der Waals surface area contributed by atoms with Gasteiger partial charge in [-0.25, -0.2) is 5.43 Å². The second-order valence-corrected chi connectivity index (χ2v) is 6.92. The number of benzene rings is 2. The van der Waals surface area contributed by atoms with Crippen molar-refractivity contribution < 1.29 is 9.53 Å². The van der Waals surface area contributed by atoms with Crippen molar-refractivity contribution in [3.05, 3.63) is 81.0 Å². The molecule has 1 aromatic heterocycles. The van der Waals surface area contributed by atoms with Gasteiger partial charge >= 0.3 is 0 Å². The normalized spacial score (nSPS) is 10.9. The van der Waals surface area contributed by atoms with Gasteiger partial charge in [-0.2, -0.15) is 10.2 Å². The minimum atomic E-state index is -0.407. The number of hydrogen-bond acceptors (Lipinski definition) is 4. The van der Waals surface area contributed by atoms with E-state index in [1.807, 2.05) is 48.5 Å². The zero-order valence-corrected chi connectivity index (χ0v) is 16.7. The number of carbonyl (C=O) groups is 1. The Bertz CT molecular complexity index is 970. The molecular formula is C19H16BrClN4O2. The summed E-state index contributed by atoms with van der Waals surface area (Å²) in [5, 5.41) is 8.96. The van der Waals surface area contributed by atoms with Crippen LogP contribution >= 0.6 is 27.5 Å². The van der Waals surface area contributed by atoms with Crippen molar-refractivity contribution in [2.45, 2.75) is 6.54 Å². The number of ether oxygens (including phenoxy) is 1. The number of rotatable bonds is 6. The zero-order valence-electron chi connectivity index (χ0n) is 14.4. The average molecular weight is 448 g/mol. The van der Waals surface area contributed by atoms with Crippen LogP contribution in [0.4, 0.5) is 0 Å². The first-order valence-corrected chi connectivity index (χ1v) is 9.17. The summed E-state index contributed by atoms with van der Waals surface area (Å²) >= 11 is 9.26. The molecule has 0 atom stereocenters. The maximum atomic E-state index is 12.3. The number of hydrazone groups is 1. The number of halogens is 2. The number of hydrogen-bond donors (Lipinski definition) is 1.